The quantitative estimate of drug-likeness (QED) is 0.417. The molecule has 9 heavy (non-hydrogen) atoms. The Bertz CT molecular complexity index is 129. The van der Waals surface area contributed by atoms with Gasteiger partial charge in [-0.1, -0.05) is 6.58 Å². The molecule has 1 fully saturated rings. The summed E-state index contributed by atoms with van der Waals surface area (Å²) in [4.78, 5) is 1.91. The molecular weight excluding hydrogens is 112 g/mol. The highest BCUT2D eigenvalue weighted by Gasteiger charge is 2.08. The highest BCUT2D eigenvalue weighted by molar-refractivity contribution is 5.54. The maximum Gasteiger partial charge on any atom is 0.0859 e. The largest absolute Gasteiger partial charge is 0.337 e. The molecule has 1 saturated heterocycles. The molecule has 0 spiro atoms. The van der Waals surface area contributed by atoms with E-state index in [4.69, 9.17) is 5.41 Å². The van der Waals surface area contributed by atoms with Crippen LogP contribution in [0.25, 0.3) is 0 Å². The first-order chi connectivity index (χ1) is 4.34. The van der Waals surface area contributed by atoms with Crippen LogP contribution in [-0.2, 0) is 0 Å². The first-order valence-electron chi connectivity index (χ1n) is 3.29. The molecule has 0 aliphatic carbocycles. The Morgan fingerprint density at radius 3 is 2.78 bits per heavy atom. The van der Waals surface area contributed by atoms with E-state index >= 15 is 0 Å². The minimum Gasteiger partial charge on any atom is -0.337 e. The van der Waals surface area contributed by atoms with Crippen LogP contribution in [0.15, 0.2) is 12.3 Å². The van der Waals surface area contributed by atoms with E-state index in [-0.39, 0.29) is 0 Å². The van der Waals surface area contributed by atoms with Crippen LogP contribution in [0.4, 0.5) is 0 Å². The van der Waals surface area contributed by atoms with Gasteiger partial charge in [-0.15, -0.1) is 0 Å². The fourth-order valence-corrected chi connectivity index (χ4v) is 1.07. The van der Waals surface area contributed by atoms with Crippen LogP contribution in [0.5, 0.6) is 0 Å². The van der Waals surface area contributed by atoms with Crippen LogP contribution in [0.3, 0.4) is 0 Å². The van der Waals surface area contributed by atoms with Crippen molar-refractivity contribution in [3.8, 4) is 0 Å². The molecule has 0 atom stereocenters. The lowest BCUT2D eigenvalue weighted by Crippen LogP contribution is -2.25. The van der Waals surface area contributed by atoms with Gasteiger partial charge in [-0.2, -0.15) is 0 Å². The summed E-state index contributed by atoms with van der Waals surface area (Å²) in [6.45, 7) is 4.83. The van der Waals surface area contributed by atoms with E-state index in [2.05, 4.69) is 6.58 Å². The molecule has 0 unspecified atom stereocenters. The van der Waals surface area contributed by atoms with Crippen molar-refractivity contribution in [2.45, 2.75) is 19.3 Å². The predicted octanol–water partition coefficient (Wildman–Crippen LogP) is 1.59. The fourth-order valence-electron chi connectivity index (χ4n) is 1.07. The lowest BCUT2D eigenvalue weighted by Gasteiger charge is -2.25. The van der Waals surface area contributed by atoms with Gasteiger partial charge in [-0.05, 0) is 19.3 Å². The average molecular weight is 124 g/mol. The summed E-state index contributed by atoms with van der Waals surface area (Å²) in [5.41, 5.74) is 1.09. The molecule has 0 aromatic heterocycles. The van der Waals surface area contributed by atoms with Crippen LogP contribution in [0.2, 0.25) is 0 Å². The van der Waals surface area contributed by atoms with Crippen molar-refractivity contribution in [1.29, 1.82) is 5.41 Å². The van der Waals surface area contributed by atoms with Crippen molar-refractivity contribution >= 4 is 6.34 Å². The van der Waals surface area contributed by atoms with Gasteiger partial charge in [0.05, 0.1) is 6.34 Å². The zero-order valence-corrected chi connectivity index (χ0v) is 5.56. The zero-order chi connectivity index (χ0) is 6.69. The minimum absolute atomic E-state index is 0.988. The average Bonchev–Trinajstić information content (AvgIpc) is 1.89. The van der Waals surface area contributed by atoms with Gasteiger partial charge >= 0.3 is 0 Å². The highest BCUT2D eigenvalue weighted by Crippen LogP contribution is 2.15. The second-order valence-electron chi connectivity index (χ2n) is 2.35. The Kier molecular flexibility index (Phi) is 1.88. The molecule has 0 radical (unpaired) electrons. The van der Waals surface area contributed by atoms with Gasteiger partial charge in [0, 0.05) is 12.2 Å². The van der Waals surface area contributed by atoms with E-state index in [1.807, 2.05) is 4.90 Å². The first-order valence-corrected chi connectivity index (χ1v) is 3.29. The Morgan fingerprint density at radius 1 is 1.56 bits per heavy atom. The lowest BCUT2D eigenvalue weighted by atomic mass is 10.1. The van der Waals surface area contributed by atoms with Gasteiger partial charge in [0.25, 0.3) is 0 Å². The van der Waals surface area contributed by atoms with Gasteiger partial charge < -0.3 is 4.90 Å². The zero-order valence-electron chi connectivity index (χ0n) is 5.56. The highest BCUT2D eigenvalue weighted by atomic mass is 15.1. The maximum atomic E-state index is 6.97. The summed E-state index contributed by atoms with van der Waals surface area (Å²) in [5, 5.41) is 6.97. The van der Waals surface area contributed by atoms with Crippen LogP contribution in [0.1, 0.15) is 19.3 Å². The van der Waals surface area contributed by atoms with E-state index in [9.17, 15) is 0 Å². The van der Waals surface area contributed by atoms with Crippen molar-refractivity contribution in [3.05, 3.63) is 12.3 Å². The fraction of sp³-hybridized carbons (Fsp3) is 0.571. The monoisotopic (exact) mass is 124 g/mol. The second-order valence-corrected chi connectivity index (χ2v) is 2.35. The van der Waals surface area contributed by atoms with E-state index < -0.39 is 0 Å². The number of nitrogens with one attached hydrogen (secondary N) is 1. The smallest absolute Gasteiger partial charge is 0.0859 e. The van der Waals surface area contributed by atoms with Gasteiger partial charge in [0.15, 0.2) is 0 Å². The Balaban J connectivity index is 2.48. The molecule has 0 amide bonds. The molecule has 2 heteroatoms. The molecule has 0 saturated carbocycles. The van der Waals surface area contributed by atoms with E-state index in [1.54, 1.807) is 0 Å². The Labute approximate surface area is 55.7 Å². The van der Waals surface area contributed by atoms with Crippen molar-refractivity contribution < 1.29 is 0 Å². The summed E-state index contributed by atoms with van der Waals surface area (Å²) in [5.74, 6) is 0. The van der Waals surface area contributed by atoms with Crippen LogP contribution < -0.4 is 0 Å². The van der Waals surface area contributed by atoms with Crippen molar-refractivity contribution in [1.82, 2.24) is 4.90 Å². The summed E-state index contributed by atoms with van der Waals surface area (Å²) in [6, 6.07) is 0. The Hall–Kier alpha value is -0.790. The van der Waals surface area contributed by atoms with E-state index in [0.717, 1.165) is 18.7 Å². The topological polar surface area (TPSA) is 27.1 Å². The van der Waals surface area contributed by atoms with Gasteiger partial charge in [-0.25, -0.2) is 0 Å². The van der Waals surface area contributed by atoms with Crippen molar-refractivity contribution in [2.75, 3.05) is 6.54 Å². The number of rotatable bonds is 1. The van der Waals surface area contributed by atoms with Gasteiger partial charge in [0.2, 0.25) is 0 Å². The first kappa shape index (κ1) is 6.33. The van der Waals surface area contributed by atoms with Crippen LogP contribution in [-0.4, -0.2) is 17.8 Å². The van der Waals surface area contributed by atoms with E-state index in [1.165, 1.54) is 19.2 Å². The minimum atomic E-state index is 0.988. The maximum absolute atomic E-state index is 6.97. The normalized spacial score (nSPS) is 20.0. The van der Waals surface area contributed by atoms with Crippen LogP contribution in [0, 0.1) is 5.41 Å². The van der Waals surface area contributed by atoms with Crippen molar-refractivity contribution in [2.24, 2.45) is 0 Å². The molecule has 50 valence electrons. The summed E-state index contributed by atoms with van der Waals surface area (Å²) >= 11 is 0. The number of nitrogens with zero attached hydrogens (tertiary/aromatic N) is 1. The molecule has 2 nitrogen and oxygen atoms in total. The molecule has 1 aliphatic rings. The number of hydrogen-bond donors (Lipinski definition) is 1. The Morgan fingerprint density at radius 2 is 2.33 bits per heavy atom. The molecule has 0 aromatic carbocycles. The van der Waals surface area contributed by atoms with Gasteiger partial charge in [0.1, 0.15) is 0 Å². The summed E-state index contributed by atoms with van der Waals surface area (Å²) in [6.07, 6.45) is 4.87. The van der Waals surface area contributed by atoms with Gasteiger partial charge in [-0.3, -0.25) is 5.41 Å². The summed E-state index contributed by atoms with van der Waals surface area (Å²) in [7, 11) is 0. The number of likely N-dealkylation sites (tertiary alicyclic amines) is 1. The van der Waals surface area contributed by atoms with Crippen LogP contribution >= 0.6 is 0 Å². The van der Waals surface area contributed by atoms with Crippen molar-refractivity contribution in [3.63, 3.8) is 0 Å². The summed E-state index contributed by atoms with van der Waals surface area (Å²) < 4.78 is 0. The molecule has 1 N–H and O–H groups in total. The predicted molar refractivity (Wildman–Crippen MR) is 38.5 cm³/mol. The third kappa shape index (κ3) is 1.31. The molecule has 0 aromatic rings. The molecule has 1 rings (SSSR count). The third-order valence-corrected chi connectivity index (χ3v) is 1.68. The third-order valence-electron chi connectivity index (χ3n) is 1.68. The molecule has 1 heterocycles. The number of piperidine rings is 1. The standard InChI is InChI=1S/C7H12N2/c1-7-4-2-3-5-9(7)6-8/h6,8H,1-5H2. The molecule has 0 bridgehead atoms. The van der Waals surface area contributed by atoms with E-state index in [0.29, 0.717) is 0 Å². The second kappa shape index (κ2) is 2.67. The number of allylic oxidation sites excluding steroid dienone is 1. The lowest BCUT2D eigenvalue weighted by molar-refractivity contribution is 0.423. The molecular formula is C7H12N2. The number of hydrogen-bond acceptors (Lipinski definition) is 1. The molecule has 1 aliphatic heterocycles. The SMILES string of the molecule is C=C1CCCCN1C=N.